The molecule has 1 aliphatic rings. The Labute approximate surface area is 163 Å². The van der Waals surface area contributed by atoms with Crippen LogP contribution in [0.1, 0.15) is 50.4 Å². The number of rotatable bonds is 2. The first kappa shape index (κ1) is 18.2. The molecule has 4 heteroatoms. The molecule has 0 aliphatic heterocycles. The largest absolute Gasteiger partial charge is 1.00 e. The fourth-order valence-corrected chi connectivity index (χ4v) is 3.20. The number of ether oxygens (including phenoxy) is 1. The Morgan fingerprint density at radius 3 is 2.55 bits per heavy atom. The zero-order valence-electron chi connectivity index (χ0n) is 12.8. The average Bonchev–Trinajstić information content (AvgIpc) is 2.26. The van der Waals surface area contributed by atoms with Crippen molar-refractivity contribution in [1.29, 1.82) is 0 Å². The summed E-state index contributed by atoms with van der Waals surface area (Å²) >= 11 is 0. The Morgan fingerprint density at radius 1 is 1.30 bits per heavy atom. The molecule has 0 aromatic heterocycles. The predicted octanol–water partition coefficient (Wildman–Crippen LogP) is 0.136. The minimum absolute atomic E-state index is 0. The van der Waals surface area contributed by atoms with E-state index in [4.69, 9.17) is 4.74 Å². The van der Waals surface area contributed by atoms with Gasteiger partial charge in [-0.15, -0.1) is 0 Å². The van der Waals surface area contributed by atoms with E-state index in [-0.39, 0.29) is 74.2 Å². The van der Waals surface area contributed by atoms with Gasteiger partial charge in [0.05, 0.1) is 5.56 Å². The molecule has 1 aromatic carbocycles. The zero-order valence-corrected chi connectivity index (χ0v) is 15.9. The van der Waals surface area contributed by atoms with E-state index in [1.807, 2.05) is 0 Å². The predicted molar refractivity (Wildman–Crippen MR) is 71.9 cm³/mol. The van der Waals surface area contributed by atoms with Gasteiger partial charge >= 0.3 is 57.4 Å². The monoisotopic (exact) mass is 300 g/mol. The van der Waals surface area contributed by atoms with E-state index in [1.165, 1.54) is 12.1 Å². The molecule has 1 saturated carbocycles. The molecule has 104 valence electrons. The molecule has 0 saturated heterocycles. The van der Waals surface area contributed by atoms with Crippen molar-refractivity contribution in [3.63, 3.8) is 0 Å². The number of hydrogen-bond donors (Lipinski definition) is 0. The molecule has 3 nitrogen and oxygen atoms in total. The van der Waals surface area contributed by atoms with Crippen LogP contribution >= 0.6 is 0 Å². The van der Waals surface area contributed by atoms with E-state index in [1.54, 1.807) is 12.1 Å². The SMILES string of the molecule is CC1CC(OC(=O)c2ccccc2[O-])CC(C)(C)C1.[K+]. The van der Waals surface area contributed by atoms with Crippen LogP contribution in [-0.2, 0) is 4.74 Å². The van der Waals surface area contributed by atoms with Crippen LogP contribution in [0.4, 0.5) is 0 Å². The number of benzene rings is 1. The minimum atomic E-state index is -0.486. The molecule has 0 heterocycles. The molecular formula is C16H21KO3. The van der Waals surface area contributed by atoms with Crippen molar-refractivity contribution >= 4 is 5.97 Å². The smallest absolute Gasteiger partial charge is 0.872 e. The molecule has 2 atom stereocenters. The van der Waals surface area contributed by atoms with Crippen molar-refractivity contribution in [2.24, 2.45) is 11.3 Å². The van der Waals surface area contributed by atoms with Gasteiger partial charge in [-0.1, -0.05) is 44.7 Å². The number of carbonyl (C=O) groups excluding carboxylic acids is 1. The van der Waals surface area contributed by atoms with Gasteiger partial charge < -0.3 is 9.84 Å². The summed E-state index contributed by atoms with van der Waals surface area (Å²) < 4.78 is 5.53. The summed E-state index contributed by atoms with van der Waals surface area (Å²) in [6, 6.07) is 6.24. The van der Waals surface area contributed by atoms with Gasteiger partial charge in [0.2, 0.25) is 0 Å². The summed E-state index contributed by atoms with van der Waals surface area (Å²) in [4.78, 5) is 12.0. The topological polar surface area (TPSA) is 49.4 Å². The standard InChI is InChI=1S/C16H22O3.K/c1-11-8-12(10-16(2,3)9-11)19-15(18)13-6-4-5-7-14(13)17;/h4-7,11-12,17H,8-10H2,1-3H3;/q;+1/p-1. The third-order valence-electron chi connectivity index (χ3n) is 3.73. The summed E-state index contributed by atoms with van der Waals surface area (Å²) in [6.07, 6.45) is 2.82. The van der Waals surface area contributed by atoms with Crippen LogP contribution < -0.4 is 56.5 Å². The fourth-order valence-electron chi connectivity index (χ4n) is 3.20. The van der Waals surface area contributed by atoms with Crippen molar-refractivity contribution < 1.29 is 66.0 Å². The molecule has 2 unspecified atom stereocenters. The van der Waals surface area contributed by atoms with Crippen LogP contribution in [0.5, 0.6) is 5.75 Å². The quantitative estimate of drug-likeness (QED) is 0.576. The van der Waals surface area contributed by atoms with Gasteiger partial charge in [0.25, 0.3) is 0 Å². The van der Waals surface area contributed by atoms with Crippen LogP contribution in [0.3, 0.4) is 0 Å². The van der Waals surface area contributed by atoms with Crippen molar-refractivity contribution in [3.05, 3.63) is 29.8 Å². The Bertz CT molecular complexity index is 471. The molecule has 1 fully saturated rings. The maximum atomic E-state index is 12.0. The van der Waals surface area contributed by atoms with Crippen LogP contribution in [0.15, 0.2) is 24.3 Å². The van der Waals surface area contributed by atoms with E-state index >= 15 is 0 Å². The second-order valence-electron chi connectivity index (χ2n) is 6.44. The maximum Gasteiger partial charge on any atom is 1.00 e. The molecule has 0 amide bonds. The van der Waals surface area contributed by atoms with Crippen LogP contribution in [0, 0.1) is 11.3 Å². The first-order valence-corrected chi connectivity index (χ1v) is 6.84. The summed E-state index contributed by atoms with van der Waals surface area (Å²) in [5.41, 5.74) is 0.332. The second-order valence-corrected chi connectivity index (χ2v) is 6.44. The Morgan fingerprint density at radius 2 is 1.95 bits per heavy atom. The van der Waals surface area contributed by atoms with Gasteiger partial charge in [-0.2, -0.15) is 0 Å². The van der Waals surface area contributed by atoms with Gasteiger partial charge in [-0.25, -0.2) is 4.79 Å². The molecule has 1 aliphatic carbocycles. The van der Waals surface area contributed by atoms with Gasteiger partial charge in [0, 0.05) is 0 Å². The minimum Gasteiger partial charge on any atom is -0.872 e. The van der Waals surface area contributed by atoms with Crippen molar-refractivity contribution in [1.82, 2.24) is 0 Å². The summed E-state index contributed by atoms with van der Waals surface area (Å²) in [6.45, 7) is 6.58. The molecule has 0 spiro atoms. The molecule has 0 bridgehead atoms. The zero-order chi connectivity index (χ0) is 14.0. The van der Waals surface area contributed by atoms with E-state index in [0.29, 0.717) is 5.92 Å². The van der Waals surface area contributed by atoms with Gasteiger partial charge in [-0.05, 0) is 36.7 Å². The third kappa shape index (κ3) is 4.84. The normalized spacial score (nSPS) is 24.6. The average molecular weight is 300 g/mol. The van der Waals surface area contributed by atoms with Gasteiger partial charge in [0.1, 0.15) is 6.10 Å². The van der Waals surface area contributed by atoms with Crippen LogP contribution in [0.25, 0.3) is 0 Å². The first-order valence-electron chi connectivity index (χ1n) is 6.84. The Hall–Kier alpha value is 0.126. The van der Waals surface area contributed by atoms with E-state index < -0.39 is 5.97 Å². The van der Waals surface area contributed by atoms with Gasteiger partial charge in [-0.3, -0.25) is 0 Å². The maximum absolute atomic E-state index is 12.0. The number of carbonyl (C=O) groups is 1. The third-order valence-corrected chi connectivity index (χ3v) is 3.73. The molecule has 1 aromatic rings. The number of hydrogen-bond acceptors (Lipinski definition) is 3. The number of para-hydroxylation sites is 1. The molecule has 0 radical (unpaired) electrons. The number of esters is 1. The van der Waals surface area contributed by atoms with Crippen molar-refractivity contribution in [2.75, 3.05) is 0 Å². The summed E-state index contributed by atoms with van der Waals surface area (Å²) in [5.74, 6) is -0.208. The van der Waals surface area contributed by atoms with Crippen molar-refractivity contribution in [3.8, 4) is 5.75 Å². The fraction of sp³-hybridized carbons (Fsp3) is 0.562. The van der Waals surface area contributed by atoms with Crippen molar-refractivity contribution in [2.45, 2.75) is 46.1 Å². The Kier molecular flexibility index (Phi) is 6.73. The molecular weight excluding hydrogens is 279 g/mol. The summed E-state index contributed by atoms with van der Waals surface area (Å²) in [5, 5.41) is 11.6. The first-order chi connectivity index (χ1) is 8.87. The van der Waals surface area contributed by atoms with E-state index in [2.05, 4.69) is 20.8 Å². The van der Waals surface area contributed by atoms with E-state index in [9.17, 15) is 9.90 Å². The van der Waals surface area contributed by atoms with Crippen LogP contribution in [0.2, 0.25) is 0 Å². The summed E-state index contributed by atoms with van der Waals surface area (Å²) in [7, 11) is 0. The second kappa shape index (κ2) is 7.41. The van der Waals surface area contributed by atoms with E-state index in [0.717, 1.165) is 19.3 Å². The molecule has 2 rings (SSSR count). The Balaban J connectivity index is 0.00000200. The molecule has 20 heavy (non-hydrogen) atoms. The van der Waals surface area contributed by atoms with Gasteiger partial charge in [0.15, 0.2) is 0 Å². The van der Waals surface area contributed by atoms with Crippen LogP contribution in [-0.4, -0.2) is 12.1 Å². The molecule has 0 N–H and O–H groups in total.